The van der Waals surface area contributed by atoms with Gasteiger partial charge in [0.05, 0.1) is 12.1 Å². The quantitative estimate of drug-likeness (QED) is 0.919. The van der Waals surface area contributed by atoms with E-state index in [1.54, 1.807) is 12.4 Å². The van der Waals surface area contributed by atoms with Crippen LogP contribution in [0.25, 0.3) is 11.4 Å². The lowest BCUT2D eigenvalue weighted by atomic mass is 9.85. The summed E-state index contributed by atoms with van der Waals surface area (Å²) < 4.78 is 2.04. The van der Waals surface area contributed by atoms with Gasteiger partial charge in [0.25, 0.3) is 0 Å². The van der Waals surface area contributed by atoms with Crippen LogP contribution in [0.5, 0.6) is 0 Å². The Morgan fingerprint density at radius 2 is 2.05 bits per heavy atom. The van der Waals surface area contributed by atoms with Gasteiger partial charge in [-0.05, 0) is 25.0 Å². The van der Waals surface area contributed by atoms with E-state index in [-0.39, 0.29) is 0 Å². The summed E-state index contributed by atoms with van der Waals surface area (Å²) >= 11 is 0. The van der Waals surface area contributed by atoms with Crippen molar-refractivity contribution >= 4 is 0 Å². The molecular weight excluding hydrogens is 238 g/mol. The zero-order valence-corrected chi connectivity index (χ0v) is 11.0. The average Bonchev–Trinajstić information content (AvgIpc) is 2.88. The molecule has 0 aliphatic heterocycles. The Balaban J connectivity index is 1.84. The molecule has 19 heavy (non-hydrogen) atoms. The maximum absolute atomic E-state index is 10.7. The van der Waals surface area contributed by atoms with Crippen LogP contribution in [0.15, 0.2) is 36.9 Å². The summed E-state index contributed by atoms with van der Waals surface area (Å²) in [7, 11) is 0. The minimum Gasteiger partial charge on any atom is -0.388 e. The lowest BCUT2D eigenvalue weighted by molar-refractivity contribution is -0.0111. The number of imidazole rings is 1. The predicted molar refractivity (Wildman–Crippen MR) is 73.5 cm³/mol. The molecule has 0 bridgehead atoms. The smallest absolute Gasteiger partial charge is 0.141 e. The van der Waals surface area contributed by atoms with Gasteiger partial charge in [-0.3, -0.25) is 4.98 Å². The van der Waals surface area contributed by atoms with E-state index in [1.807, 2.05) is 29.1 Å². The molecule has 4 heteroatoms. The Morgan fingerprint density at radius 1 is 1.21 bits per heavy atom. The number of hydrogen-bond donors (Lipinski definition) is 1. The maximum Gasteiger partial charge on any atom is 0.141 e. The second-order valence-corrected chi connectivity index (χ2v) is 5.41. The molecule has 2 aromatic heterocycles. The van der Waals surface area contributed by atoms with Gasteiger partial charge in [0.15, 0.2) is 0 Å². The summed E-state index contributed by atoms with van der Waals surface area (Å²) in [5.41, 5.74) is 0.419. The second-order valence-electron chi connectivity index (χ2n) is 5.41. The molecular formula is C15H19N3O. The van der Waals surface area contributed by atoms with Gasteiger partial charge in [-0.2, -0.15) is 0 Å². The molecule has 1 aliphatic rings. The Bertz CT molecular complexity index is 529. The van der Waals surface area contributed by atoms with E-state index in [0.717, 1.165) is 37.1 Å². The zero-order valence-electron chi connectivity index (χ0n) is 11.0. The number of pyridine rings is 1. The van der Waals surface area contributed by atoms with Crippen molar-refractivity contribution in [2.24, 2.45) is 0 Å². The van der Waals surface area contributed by atoms with Gasteiger partial charge in [-0.25, -0.2) is 4.98 Å². The van der Waals surface area contributed by atoms with Crippen molar-refractivity contribution < 1.29 is 5.11 Å². The third-order valence-electron chi connectivity index (χ3n) is 3.88. The van der Waals surface area contributed by atoms with E-state index in [4.69, 9.17) is 0 Å². The second kappa shape index (κ2) is 5.13. The summed E-state index contributed by atoms with van der Waals surface area (Å²) in [6.07, 6.45) is 12.5. The first-order valence-electron chi connectivity index (χ1n) is 6.91. The van der Waals surface area contributed by atoms with E-state index in [0.29, 0.717) is 6.54 Å². The van der Waals surface area contributed by atoms with E-state index in [1.165, 1.54) is 6.42 Å². The molecule has 0 unspecified atom stereocenters. The SMILES string of the molecule is OC1(Cn2ccnc2-c2cccnc2)CCCCC1. The van der Waals surface area contributed by atoms with Gasteiger partial charge in [0.1, 0.15) is 5.82 Å². The van der Waals surface area contributed by atoms with E-state index >= 15 is 0 Å². The average molecular weight is 257 g/mol. The molecule has 0 spiro atoms. The molecule has 1 aliphatic carbocycles. The molecule has 0 aromatic carbocycles. The number of aliphatic hydroxyl groups is 1. The van der Waals surface area contributed by atoms with Crippen LogP contribution < -0.4 is 0 Å². The van der Waals surface area contributed by atoms with Crippen molar-refractivity contribution in [3.05, 3.63) is 36.9 Å². The third-order valence-corrected chi connectivity index (χ3v) is 3.88. The van der Waals surface area contributed by atoms with Gasteiger partial charge in [0, 0.05) is 30.4 Å². The molecule has 1 saturated carbocycles. The summed E-state index contributed by atoms with van der Waals surface area (Å²) in [6.45, 7) is 0.622. The molecule has 1 N–H and O–H groups in total. The topological polar surface area (TPSA) is 50.9 Å². The van der Waals surface area contributed by atoms with Crippen LogP contribution in [0.2, 0.25) is 0 Å². The standard InChI is InChI=1S/C15H19N3O/c19-15(6-2-1-3-7-15)12-18-10-9-17-14(18)13-5-4-8-16-11-13/h4-5,8-11,19H,1-3,6-7,12H2. The van der Waals surface area contributed by atoms with Crippen molar-refractivity contribution in [3.8, 4) is 11.4 Å². The fourth-order valence-corrected chi connectivity index (χ4v) is 2.88. The summed E-state index contributed by atoms with van der Waals surface area (Å²) in [6, 6.07) is 3.90. The van der Waals surface area contributed by atoms with Crippen molar-refractivity contribution in [1.82, 2.24) is 14.5 Å². The highest BCUT2D eigenvalue weighted by atomic mass is 16.3. The van der Waals surface area contributed by atoms with Crippen LogP contribution in [0, 0.1) is 0 Å². The first-order valence-corrected chi connectivity index (χ1v) is 6.91. The van der Waals surface area contributed by atoms with Gasteiger partial charge < -0.3 is 9.67 Å². The van der Waals surface area contributed by atoms with Crippen molar-refractivity contribution in [2.45, 2.75) is 44.2 Å². The molecule has 0 saturated heterocycles. The fourth-order valence-electron chi connectivity index (χ4n) is 2.88. The lowest BCUT2D eigenvalue weighted by Crippen LogP contribution is -2.36. The van der Waals surface area contributed by atoms with Crippen LogP contribution in [0.1, 0.15) is 32.1 Å². The van der Waals surface area contributed by atoms with Gasteiger partial charge >= 0.3 is 0 Å². The molecule has 0 atom stereocenters. The predicted octanol–water partition coefficient (Wildman–Crippen LogP) is 2.64. The first-order chi connectivity index (χ1) is 9.27. The van der Waals surface area contributed by atoms with Crippen LogP contribution in [-0.4, -0.2) is 25.2 Å². The monoisotopic (exact) mass is 257 g/mol. The van der Waals surface area contributed by atoms with Crippen molar-refractivity contribution in [2.75, 3.05) is 0 Å². The molecule has 1 fully saturated rings. The van der Waals surface area contributed by atoms with E-state index < -0.39 is 5.60 Å². The van der Waals surface area contributed by atoms with E-state index in [9.17, 15) is 5.11 Å². The highest BCUT2D eigenvalue weighted by Gasteiger charge is 2.30. The lowest BCUT2D eigenvalue weighted by Gasteiger charge is -2.32. The van der Waals surface area contributed by atoms with Gasteiger partial charge in [-0.15, -0.1) is 0 Å². The highest BCUT2D eigenvalue weighted by Crippen LogP contribution is 2.30. The Kier molecular flexibility index (Phi) is 3.34. The highest BCUT2D eigenvalue weighted by molar-refractivity contribution is 5.53. The molecule has 0 amide bonds. The van der Waals surface area contributed by atoms with Crippen LogP contribution in [-0.2, 0) is 6.54 Å². The largest absolute Gasteiger partial charge is 0.388 e. The van der Waals surface area contributed by atoms with Gasteiger partial charge in [-0.1, -0.05) is 19.3 Å². The summed E-state index contributed by atoms with van der Waals surface area (Å²) in [5, 5.41) is 10.7. The molecule has 0 radical (unpaired) electrons. The van der Waals surface area contributed by atoms with Crippen LogP contribution in [0.4, 0.5) is 0 Å². The molecule has 4 nitrogen and oxygen atoms in total. The van der Waals surface area contributed by atoms with Crippen molar-refractivity contribution in [1.29, 1.82) is 0 Å². The minimum absolute atomic E-state index is 0.574. The van der Waals surface area contributed by atoms with E-state index in [2.05, 4.69) is 9.97 Å². The number of aromatic nitrogens is 3. The molecule has 2 aromatic rings. The van der Waals surface area contributed by atoms with Crippen LogP contribution >= 0.6 is 0 Å². The van der Waals surface area contributed by atoms with Gasteiger partial charge in [0.2, 0.25) is 0 Å². The third kappa shape index (κ3) is 2.68. The summed E-state index contributed by atoms with van der Waals surface area (Å²) in [5.74, 6) is 0.882. The number of hydrogen-bond acceptors (Lipinski definition) is 3. The summed E-state index contributed by atoms with van der Waals surface area (Å²) in [4.78, 5) is 8.52. The normalized spacial score (nSPS) is 18.4. The Morgan fingerprint density at radius 3 is 2.79 bits per heavy atom. The fraction of sp³-hybridized carbons (Fsp3) is 0.467. The van der Waals surface area contributed by atoms with Crippen molar-refractivity contribution in [3.63, 3.8) is 0 Å². The molecule has 3 rings (SSSR count). The maximum atomic E-state index is 10.7. The number of nitrogens with zero attached hydrogens (tertiary/aromatic N) is 3. The molecule has 2 heterocycles. The Hall–Kier alpha value is -1.68. The van der Waals surface area contributed by atoms with Crippen LogP contribution in [0.3, 0.4) is 0 Å². The first kappa shape index (κ1) is 12.4. The Labute approximate surface area is 113 Å². The molecule has 100 valence electrons. The minimum atomic E-state index is -0.574. The number of rotatable bonds is 3. The zero-order chi connectivity index (χ0) is 13.1.